The van der Waals surface area contributed by atoms with E-state index in [0.29, 0.717) is 28.2 Å². The largest absolute Gasteiger partial charge is 0.510 e. The Labute approximate surface area is 746 Å². The first-order valence-electron chi connectivity index (χ1n) is 44.9. The van der Waals surface area contributed by atoms with E-state index < -0.39 is 6.98 Å². The van der Waals surface area contributed by atoms with Gasteiger partial charge in [0.2, 0.25) is 6.33 Å². The Hall–Kier alpha value is -10.7. The Balaban J connectivity index is 0.0000121. The summed E-state index contributed by atoms with van der Waals surface area (Å²) in [5.74, 6) is 1.68. The molecular weight excluding hydrogens is 1660 g/mol. The second-order valence-corrected chi connectivity index (χ2v) is 43.5. The Kier molecular flexibility index (Phi) is 20.7. The predicted octanol–water partition coefficient (Wildman–Crippen LogP) is 30.9. The molecule has 0 aliphatic rings. The molecule has 0 spiro atoms. The smallest absolute Gasteiger partial charge is 0.242 e. The normalized spacial score (nSPS) is 13.5. The first-order chi connectivity index (χ1) is 57.7. The quantitative estimate of drug-likeness (QED) is 0.0956. The molecule has 16 aromatic rings. The molecule has 0 saturated carbocycles. The monoisotopic (exact) mass is 1790 g/mol. The number of nitrogens with zero attached hydrogens (tertiary/aromatic N) is 5. The zero-order chi connectivity index (χ0) is 89.2. The molecule has 16 rings (SSSR count). The standard InChI is InChI=1S/C115H123N5O.Pt/c1-107(2,3)77-50-51-116-104(66-77)120-98-41-30-29-36-94(98)97-48-45-89(69-102(97)120)121-88-35-31-34-86(67-88)118-70-117(28)99-49-44-87(68-103(99)118)119-100-60-71(105-90(73-52-78(108(4,5)6)62-79(53-73)109(7,8)9)37-32-38-91(105)74-54-80(110(10,11)12)63-81(55-74)111(13,14)15)42-46-95(100)96-47-43-72(61-101(96)119)106-92(75-56-82(112(16,17)18)64-83(57-75)113(19,20)21)39-33-40-93(106)76-58-84(114(22,23)24)65-85(59-76)115(25,26)27;/h29-66,68H,1-28H3;/q-2;/i28D3;. The molecule has 0 fully saturated rings. The number of aromatic nitrogens is 5. The van der Waals surface area contributed by atoms with Gasteiger partial charge in [-0.2, -0.15) is 18.2 Å². The van der Waals surface area contributed by atoms with Gasteiger partial charge >= 0.3 is 0 Å². The van der Waals surface area contributed by atoms with Gasteiger partial charge in [0.15, 0.2) is 0 Å². The van der Waals surface area contributed by atoms with Crippen LogP contribution in [0.4, 0.5) is 0 Å². The van der Waals surface area contributed by atoms with Crippen LogP contribution in [0.5, 0.6) is 11.5 Å². The summed E-state index contributed by atoms with van der Waals surface area (Å²) in [5.41, 5.74) is 29.9. The van der Waals surface area contributed by atoms with Crippen molar-refractivity contribution in [2.24, 2.45) is 6.98 Å². The van der Waals surface area contributed by atoms with Crippen molar-refractivity contribution in [2.45, 2.75) is 236 Å². The van der Waals surface area contributed by atoms with Crippen molar-refractivity contribution < 1.29 is 34.5 Å². The van der Waals surface area contributed by atoms with Crippen LogP contribution in [0, 0.1) is 18.5 Å². The summed E-state index contributed by atoms with van der Waals surface area (Å²) in [6.07, 6.45) is 5.26. The molecule has 122 heavy (non-hydrogen) atoms. The van der Waals surface area contributed by atoms with Gasteiger partial charge in [0, 0.05) is 60.7 Å². The van der Waals surface area contributed by atoms with Crippen LogP contribution in [0.3, 0.4) is 0 Å². The van der Waals surface area contributed by atoms with Crippen molar-refractivity contribution in [3.63, 3.8) is 0 Å². The van der Waals surface area contributed by atoms with E-state index in [1.165, 1.54) is 54.6 Å². The molecule has 0 N–H and O–H groups in total. The number of para-hydroxylation sites is 1. The summed E-state index contributed by atoms with van der Waals surface area (Å²) < 4.78 is 42.3. The summed E-state index contributed by atoms with van der Waals surface area (Å²) in [6.45, 7) is 59.8. The van der Waals surface area contributed by atoms with E-state index in [-0.39, 0.29) is 69.8 Å². The number of imidazole rings is 1. The van der Waals surface area contributed by atoms with Gasteiger partial charge in [-0.25, -0.2) is 4.98 Å². The Morgan fingerprint density at radius 3 is 1.11 bits per heavy atom. The SMILES string of the molecule is [2H]C([2H])([2H])[n+]1[c-]n(-c2[c-]c(Oc3[c-]c4c(cc3)c3ccccc3n4-c3cc(C(C)(C)C)ccn3)ccc2)c2cc(-n3c4cc(-c5c(-c6cc(C(C)(C)C)cc(C(C)(C)C)c6)cccc5-c5cc(C(C)(C)C)cc(C(C)(C)C)c5)ccc4c4ccc(-c5c(-c6cc(C(C)(C)C)cc(C(C)(C)C)c6)cccc5-c5cc(C(C)(C)C)cc(C(C)(C)C)c5)cc43)ccc21.[Pt]. The Bertz CT molecular complexity index is 6360. The topological polar surface area (TPSA) is 40.8 Å². The first-order valence-corrected chi connectivity index (χ1v) is 43.4. The van der Waals surface area contributed by atoms with Gasteiger partial charge in [0.1, 0.15) is 5.82 Å². The molecule has 0 bridgehead atoms. The first kappa shape index (κ1) is 82.3. The van der Waals surface area contributed by atoms with Crippen molar-refractivity contribution in [2.75, 3.05) is 0 Å². The van der Waals surface area contributed by atoms with Crippen LogP contribution in [0.15, 0.2) is 237 Å². The zero-order valence-corrected chi connectivity index (χ0v) is 79.2. The van der Waals surface area contributed by atoms with Gasteiger partial charge in [-0.3, -0.25) is 0 Å². The molecule has 4 heterocycles. The van der Waals surface area contributed by atoms with E-state index in [4.69, 9.17) is 9.72 Å². The third-order valence-corrected chi connectivity index (χ3v) is 24.9. The fourth-order valence-electron chi connectivity index (χ4n) is 17.2. The minimum atomic E-state index is -2.63. The van der Waals surface area contributed by atoms with Crippen molar-refractivity contribution in [3.8, 4) is 95.5 Å². The summed E-state index contributed by atoms with van der Waals surface area (Å²) in [5, 5.41) is 4.23. The number of rotatable bonds is 11. The van der Waals surface area contributed by atoms with E-state index in [1.54, 1.807) is 0 Å². The molecule has 0 radical (unpaired) electrons. The number of fused-ring (bicyclic) bond motifs is 7. The predicted molar refractivity (Wildman–Crippen MR) is 515 cm³/mol. The van der Waals surface area contributed by atoms with E-state index >= 15 is 0 Å². The second-order valence-electron chi connectivity index (χ2n) is 43.5. The minimum absolute atomic E-state index is 0. The zero-order valence-electron chi connectivity index (χ0n) is 80.0. The van der Waals surface area contributed by atoms with Crippen LogP contribution in [0.25, 0.3) is 139 Å². The van der Waals surface area contributed by atoms with Gasteiger partial charge in [-0.15, -0.1) is 29.7 Å². The average Bonchev–Trinajstić information content (AvgIpc) is 1.27. The molecular formula is C115H123N5OPt-2. The van der Waals surface area contributed by atoms with Crippen LogP contribution in [0.2, 0.25) is 0 Å². The third-order valence-electron chi connectivity index (χ3n) is 24.9. The second kappa shape index (κ2) is 30.7. The Morgan fingerprint density at radius 1 is 0.311 bits per heavy atom. The van der Waals surface area contributed by atoms with Crippen molar-refractivity contribution in [1.29, 1.82) is 0 Å². The van der Waals surface area contributed by atoms with Crippen LogP contribution in [-0.2, 0) is 76.8 Å². The van der Waals surface area contributed by atoms with E-state index in [9.17, 15) is 4.11 Å². The third kappa shape index (κ3) is 16.6. The summed E-state index contributed by atoms with van der Waals surface area (Å²) in [6, 6.07) is 93.3. The van der Waals surface area contributed by atoms with Gasteiger partial charge in [0.05, 0.1) is 33.2 Å². The Morgan fingerprint density at radius 2 is 0.697 bits per heavy atom. The summed E-state index contributed by atoms with van der Waals surface area (Å²) in [4.78, 5) is 4.95. The molecule has 0 atom stereocenters. The minimum Gasteiger partial charge on any atom is -0.510 e. The van der Waals surface area contributed by atoms with Crippen molar-refractivity contribution in [3.05, 3.63) is 305 Å². The molecule has 0 amide bonds. The molecule has 0 unspecified atom stereocenters. The average molecular weight is 1790 g/mol. The number of hydrogen-bond donors (Lipinski definition) is 0. The number of ether oxygens (including phenoxy) is 1. The maximum Gasteiger partial charge on any atom is 0.242 e. The van der Waals surface area contributed by atoms with Crippen LogP contribution in [-0.4, -0.2) is 18.7 Å². The maximum atomic E-state index is 9.22. The van der Waals surface area contributed by atoms with Crippen LogP contribution < -0.4 is 9.30 Å². The molecule has 4 aromatic heterocycles. The summed E-state index contributed by atoms with van der Waals surface area (Å²) in [7, 11) is 0. The van der Waals surface area contributed by atoms with E-state index in [0.717, 1.165) is 122 Å². The van der Waals surface area contributed by atoms with Gasteiger partial charge in [-0.1, -0.05) is 356 Å². The number of pyridine rings is 1. The van der Waals surface area contributed by atoms with Crippen LogP contribution in [0.1, 0.15) is 241 Å². The molecule has 7 heteroatoms. The van der Waals surface area contributed by atoms with Crippen LogP contribution >= 0.6 is 0 Å². The molecule has 0 aliphatic heterocycles. The molecule has 626 valence electrons. The molecule has 12 aromatic carbocycles. The van der Waals surface area contributed by atoms with Gasteiger partial charge in [0.25, 0.3) is 0 Å². The van der Waals surface area contributed by atoms with E-state index in [1.807, 2.05) is 41.1 Å². The fourth-order valence-corrected chi connectivity index (χ4v) is 17.2. The van der Waals surface area contributed by atoms with Crippen molar-refractivity contribution in [1.82, 2.24) is 18.7 Å². The molecule has 6 nitrogen and oxygen atoms in total. The number of benzene rings is 12. The van der Waals surface area contributed by atoms with E-state index in [2.05, 4.69) is 415 Å². The number of aryl methyl sites for hydroxylation is 1. The maximum absolute atomic E-state index is 9.22. The fraction of sp³-hybridized carbons (Fsp3) is 0.322. The van der Waals surface area contributed by atoms with Gasteiger partial charge < -0.3 is 23.0 Å². The van der Waals surface area contributed by atoms with Crippen molar-refractivity contribution >= 4 is 54.6 Å². The number of hydrogen-bond acceptors (Lipinski definition) is 2. The molecule has 0 saturated heterocycles. The molecule has 0 aliphatic carbocycles. The van der Waals surface area contributed by atoms with Gasteiger partial charge in [-0.05, 0) is 213 Å². The summed E-state index contributed by atoms with van der Waals surface area (Å²) >= 11 is 0.